The summed E-state index contributed by atoms with van der Waals surface area (Å²) in [6, 6.07) is 5.63. The number of hydrogen-bond donors (Lipinski definition) is 1. The van der Waals surface area contributed by atoms with Gasteiger partial charge in [-0.25, -0.2) is 0 Å². The SMILES string of the molecule is O=C(c1cccc([N+](=O)[O-])c1)N1CC[C@@H](O)C1. The molecule has 0 saturated carbocycles. The van der Waals surface area contributed by atoms with E-state index in [4.69, 9.17) is 0 Å². The van der Waals surface area contributed by atoms with Crippen molar-refractivity contribution >= 4 is 11.6 Å². The number of likely N-dealkylation sites (tertiary alicyclic amines) is 1. The highest BCUT2D eigenvalue weighted by atomic mass is 16.6. The molecule has 1 heterocycles. The Bertz CT molecular complexity index is 461. The zero-order valence-electron chi connectivity index (χ0n) is 9.07. The van der Waals surface area contributed by atoms with Crippen molar-refractivity contribution in [3.8, 4) is 0 Å². The second-order valence-corrected chi connectivity index (χ2v) is 4.00. The number of benzene rings is 1. The molecule has 0 bridgehead atoms. The number of nitro groups is 1. The summed E-state index contributed by atoms with van der Waals surface area (Å²) in [5.74, 6) is -0.273. The zero-order valence-corrected chi connectivity index (χ0v) is 9.07. The van der Waals surface area contributed by atoms with Crippen LogP contribution in [-0.2, 0) is 0 Å². The molecule has 1 atom stereocenters. The third-order valence-electron chi connectivity index (χ3n) is 2.75. The lowest BCUT2D eigenvalue weighted by molar-refractivity contribution is -0.384. The van der Waals surface area contributed by atoms with E-state index in [1.165, 1.54) is 23.1 Å². The fraction of sp³-hybridized carbons (Fsp3) is 0.364. The Morgan fingerprint density at radius 1 is 1.53 bits per heavy atom. The third kappa shape index (κ3) is 2.42. The molecule has 1 aliphatic rings. The van der Waals surface area contributed by atoms with Gasteiger partial charge in [0, 0.05) is 30.8 Å². The molecule has 1 N–H and O–H groups in total. The number of β-amino-alcohol motifs (C(OH)–C–C–N with tert-alkyl or cyclic N) is 1. The van der Waals surface area contributed by atoms with E-state index >= 15 is 0 Å². The van der Waals surface area contributed by atoms with E-state index in [0.717, 1.165) is 0 Å². The van der Waals surface area contributed by atoms with Crippen LogP contribution in [0.2, 0.25) is 0 Å². The molecule has 6 heteroatoms. The van der Waals surface area contributed by atoms with Gasteiger partial charge in [0.05, 0.1) is 11.0 Å². The number of carbonyl (C=O) groups excluding carboxylic acids is 1. The number of rotatable bonds is 2. The van der Waals surface area contributed by atoms with Crippen LogP contribution in [0.25, 0.3) is 0 Å². The van der Waals surface area contributed by atoms with Crippen LogP contribution < -0.4 is 0 Å². The Morgan fingerprint density at radius 3 is 2.88 bits per heavy atom. The highest BCUT2D eigenvalue weighted by Gasteiger charge is 2.26. The van der Waals surface area contributed by atoms with Crippen LogP contribution in [0.3, 0.4) is 0 Å². The predicted molar refractivity (Wildman–Crippen MR) is 59.6 cm³/mol. The lowest BCUT2D eigenvalue weighted by atomic mass is 10.2. The van der Waals surface area contributed by atoms with Gasteiger partial charge < -0.3 is 10.0 Å². The smallest absolute Gasteiger partial charge is 0.270 e. The number of aliphatic hydroxyl groups excluding tert-OH is 1. The molecule has 1 aromatic rings. The molecule has 0 radical (unpaired) electrons. The Labute approximate surface area is 97.6 Å². The van der Waals surface area contributed by atoms with Crippen molar-refractivity contribution in [3.05, 3.63) is 39.9 Å². The highest BCUT2D eigenvalue weighted by molar-refractivity contribution is 5.95. The normalized spacial score (nSPS) is 19.4. The summed E-state index contributed by atoms with van der Waals surface area (Å²) in [6.07, 6.45) is 0.0679. The van der Waals surface area contributed by atoms with Gasteiger partial charge in [0.15, 0.2) is 0 Å². The molecule has 1 fully saturated rings. The second-order valence-electron chi connectivity index (χ2n) is 4.00. The summed E-state index contributed by atoms with van der Waals surface area (Å²) in [7, 11) is 0. The second kappa shape index (κ2) is 4.50. The molecule has 2 rings (SSSR count). The molecule has 90 valence electrons. The van der Waals surface area contributed by atoms with Crippen molar-refractivity contribution in [2.75, 3.05) is 13.1 Å². The largest absolute Gasteiger partial charge is 0.391 e. The monoisotopic (exact) mass is 236 g/mol. The summed E-state index contributed by atoms with van der Waals surface area (Å²) >= 11 is 0. The van der Waals surface area contributed by atoms with Crippen LogP contribution in [0.1, 0.15) is 16.8 Å². The van der Waals surface area contributed by atoms with Crippen molar-refractivity contribution in [1.82, 2.24) is 4.90 Å². The van der Waals surface area contributed by atoms with Gasteiger partial charge in [0.2, 0.25) is 0 Å². The molecule has 1 amide bonds. The molecule has 0 unspecified atom stereocenters. The third-order valence-corrected chi connectivity index (χ3v) is 2.75. The standard InChI is InChI=1S/C11H12N2O4/c14-10-4-5-12(7-10)11(15)8-2-1-3-9(6-8)13(16)17/h1-3,6,10,14H,4-5,7H2/t10-/m1/s1. The molecule has 1 aliphatic heterocycles. The van der Waals surface area contributed by atoms with E-state index in [9.17, 15) is 20.0 Å². The molecule has 6 nitrogen and oxygen atoms in total. The Morgan fingerprint density at radius 2 is 2.29 bits per heavy atom. The first kappa shape index (κ1) is 11.5. The molecule has 1 aromatic carbocycles. The first-order chi connectivity index (χ1) is 8.08. The minimum absolute atomic E-state index is 0.101. The van der Waals surface area contributed by atoms with Crippen molar-refractivity contribution in [2.45, 2.75) is 12.5 Å². The Balaban J connectivity index is 2.19. The van der Waals surface area contributed by atoms with E-state index < -0.39 is 11.0 Å². The van der Waals surface area contributed by atoms with E-state index in [2.05, 4.69) is 0 Å². The maximum atomic E-state index is 12.0. The Hall–Kier alpha value is -1.95. The summed E-state index contributed by atoms with van der Waals surface area (Å²) in [5, 5.41) is 19.9. The summed E-state index contributed by atoms with van der Waals surface area (Å²) in [5.41, 5.74) is 0.184. The molecule has 0 aliphatic carbocycles. The minimum atomic E-state index is -0.532. The molecule has 17 heavy (non-hydrogen) atoms. The summed E-state index contributed by atoms with van der Waals surface area (Å²) in [6.45, 7) is 0.782. The lowest BCUT2D eigenvalue weighted by Gasteiger charge is -2.15. The highest BCUT2D eigenvalue weighted by Crippen LogP contribution is 2.17. The van der Waals surface area contributed by atoms with Gasteiger partial charge in [-0.3, -0.25) is 14.9 Å². The zero-order chi connectivity index (χ0) is 12.4. The fourth-order valence-electron chi connectivity index (χ4n) is 1.86. The maximum Gasteiger partial charge on any atom is 0.270 e. The van der Waals surface area contributed by atoms with Crippen molar-refractivity contribution in [1.29, 1.82) is 0 Å². The average molecular weight is 236 g/mol. The van der Waals surface area contributed by atoms with Crippen LogP contribution in [-0.4, -0.2) is 40.0 Å². The van der Waals surface area contributed by atoms with Gasteiger partial charge in [-0.15, -0.1) is 0 Å². The number of nitro benzene ring substituents is 1. The number of amides is 1. The molecule has 0 aromatic heterocycles. The maximum absolute atomic E-state index is 12.0. The Kier molecular flexibility index (Phi) is 3.06. The average Bonchev–Trinajstić information content (AvgIpc) is 2.75. The molecular formula is C11H12N2O4. The minimum Gasteiger partial charge on any atom is -0.391 e. The van der Waals surface area contributed by atoms with E-state index in [-0.39, 0.29) is 17.2 Å². The van der Waals surface area contributed by atoms with Crippen LogP contribution in [0.15, 0.2) is 24.3 Å². The van der Waals surface area contributed by atoms with E-state index in [1.807, 2.05) is 0 Å². The van der Waals surface area contributed by atoms with Crippen molar-refractivity contribution in [2.24, 2.45) is 0 Å². The number of nitrogens with zero attached hydrogens (tertiary/aromatic N) is 2. The van der Waals surface area contributed by atoms with Crippen LogP contribution in [0.4, 0.5) is 5.69 Å². The number of non-ortho nitro benzene ring substituents is 1. The number of aliphatic hydroxyl groups is 1. The van der Waals surface area contributed by atoms with Crippen LogP contribution >= 0.6 is 0 Å². The topological polar surface area (TPSA) is 83.7 Å². The van der Waals surface area contributed by atoms with Gasteiger partial charge in [-0.05, 0) is 12.5 Å². The van der Waals surface area contributed by atoms with Crippen LogP contribution in [0, 0.1) is 10.1 Å². The fourth-order valence-corrected chi connectivity index (χ4v) is 1.86. The molecule has 1 saturated heterocycles. The van der Waals surface area contributed by atoms with Crippen molar-refractivity contribution < 1.29 is 14.8 Å². The van der Waals surface area contributed by atoms with Gasteiger partial charge in [-0.2, -0.15) is 0 Å². The quantitative estimate of drug-likeness (QED) is 0.608. The summed E-state index contributed by atoms with van der Waals surface area (Å²) in [4.78, 5) is 23.5. The number of carbonyl (C=O) groups is 1. The van der Waals surface area contributed by atoms with Gasteiger partial charge in [-0.1, -0.05) is 6.07 Å². The summed E-state index contributed by atoms with van der Waals surface area (Å²) < 4.78 is 0. The van der Waals surface area contributed by atoms with Gasteiger partial charge >= 0.3 is 0 Å². The van der Waals surface area contributed by atoms with Gasteiger partial charge in [0.25, 0.3) is 11.6 Å². The van der Waals surface area contributed by atoms with E-state index in [0.29, 0.717) is 19.5 Å². The van der Waals surface area contributed by atoms with E-state index in [1.54, 1.807) is 6.07 Å². The van der Waals surface area contributed by atoms with Gasteiger partial charge in [0.1, 0.15) is 0 Å². The first-order valence-electron chi connectivity index (χ1n) is 5.30. The molecule has 0 spiro atoms. The number of hydrogen-bond acceptors (Lipinski definition) is 4. The predicted octanol–water partition coefficient (Wildman–Crippen LogP) is 0.802. The first-order valence-corrected chi connectivity index (χ1v) is 5.30. The van der Waals surface area contributed by atoms with Crippen LogP contribution in [0.5, 0.6) is 0 Å². The molecular weight excluding hydrogens is 224 g/mol. The van der Waals surface area contributed by atoms with Crippen molar-refractivity contribution in [3.63, 3.8) is 0 Å². The lowest BCUT2D eigenvalue weighted by Crippen LogP contribution is -2.29.